The van der Waals surface area contributed by atoms with Gasteiger partial charge in [-0.3, -0.25) is 0 Å². The quantitative estimate of drug-likeness (QED) is 0.646. The van der Waals surface area contributed by atoms with Crippen molar-refractivity contribution < 1.29 is 19.1 Å². The molecule has 1 aromatic rings. The summed E-state index contributed by atoms with van der Waals surface area (Å²) in [6.45, 7) is 5.57. The smallest absolute Gasteiger partial charge is 0.340 e. The van der Waals surface area contributed by atoms with Gasteiger partial charge in [0, 0.05) is 10.7 Å². The van der Waals surface area contributed by atoms with Crippen molar-refractivity contribution in [1.29, 1.82) is 0 Å². The second-order valence-electron chi connectivity index (χ2n) is 4.05. The lowest BCUT2D eigenvalue weighted by molar-refractivity contribution is -0.155. The van der Waals surface area contributed by atoms with Crippen molar-refractivity contribution in [2.75, 3.05) is 18.5 Å². The number of aryl methyl sites for hydroxylation is 1. The monoisotopic (exact) mass is 299 g/mol. The summed E-state index contributed by atoms with van der Waals surface area (Å²) in [6, 6.07) is 3.96. The van der Waals surface area contributed by atoms with Crippen LogP contribution in [0.2, 0.25) is 5.02 Å². The van der Waals surface area contributed by atoms with Crippen LogP contribution >= 0.6 is 11.6 Å². The van der Waals surface area contributed by atoms with Crippen molar-refractivity contribution in [2.45, 2.75) is 26.8 Å². The molecule has 0 unspecified atom stereocenters. The van der Waals surface area contributed by atoms with E-state index < -0.39 is 18.0 Å². The van der Waals surface area contributed by atoms with E-state index in [2.05, 4.69) is 5.32 Å². The zero-order valence-corrected chi connectivity index (χ0v) is 12.5. The number of esters is 2. The molecule has 0 saturated carbocycles. The molecule has 6 heteroatoms. The number of nitrogens with one attached hydrogen (secondary N) is 1. The minimum atomic E-state index is -1.20. The maximum absolute atomic E-state index is 11.8. The lowest BCUT2D eigenvalue weighted by Gasteiger charge is -2.17. The Morgan fingerprint density at radius 1 is 1.20 bits per heavy atom. The third-order valence-corrected chi connectivity index (χ3v) is 2.93. The number of hydrogen-bond donors (Lipinski definition) is 1. The van der Waals surface area contributed by atoms with Crippen LogP contribution in [0.3, 0.4) is 0 Å². The molecule has 0 heterocycles. The fourth-order valence-corrected chi connectivity index (χ4v) is 1.70. The number of carbonyl (C=O) groups is 2. The predicted octanol–water partition coefficient (Wildman–Crippen LogP) is 2.56. The van der Waals surface area contributed by atoms with E-state index in [-0.39, 0.29) is 13.2 Å². The Morgan fingerprint density at radius 2 is 1.75 bits per heavy atom. The average molecular weight is 300 g/mol. The maximum atomic E-state index is 11.8. The molecule has 0 amide bonds. The molecule has 0 fully saturated rings. The number of anilines is 1. The van der Waals surface area contributed by atoms with Gasteiger partial charge < -0.3 is 14.8 Å². The molecule has 5 nitrogen and oxygen atoms in total. The third kappa shape index (κ3) is 4.42. The van der Waals surface area contributed by atoms with Gasteiger partial charge in [0.1, 0.15) is 0 Å². The van der Waals surface area contributed by atoms with E-state index in [1.165, 1.54) is 0 Å². The van der Waals surface area contributed by atoms with Crippen molar-refractivity contribution >= 4 is 29.2 Å². The topological polar surface area (TPSA) is 64.6 Å². The van der Waals surface area contributed by atoms with Crippen molar-refractivity contribution in [1.82, 2.24) is 0 Å². The molecule has 0 aliphatic carbocycles. The summed E-state index contributed by atoms with van der Waals surface area (Å²) in [5.74, 6) is -1.36. The Morgan fingerprint density at radius 3 is 2.20 bits per heavy atom. The van der Waals surface area contributed by atoms with E-state index in [1.54, 1.807) is 32.0 Å². The Balaban J connectivity index is 2.90. The number of carbonyl (C=O) groups excluding carboxylic acids is 2. The van der Waals surface area contributed by atoms with Crippen LogP contribution in [0, 0.1) is 6.92 Å². The van der Waals surface area contributed by atoms with Gasteiger partial charge in [-0.05, 0) is 38.5 Å². The van der Waals surface area contributed by atoms with Gasteiger partial charge in [0.2, 0.25) is 6.04 Å². The van der Waals surface area contributed by atoms with E-state index in [0.717, 1.165) is 5.56 Å². The second-order valence-corrected chi connectivity index (χ2v) is 4.45. The van der Waals surface area contributed by atoms with Crippen molar-refractivity contribution in [3.8, 4) is 0 Å². The molecule has 0 aromatic heterocycles. The molecule has 1 N–H and O–H groups in total. The number of halogens is 1. The van der Waals surface area contributed by atoms with Gasteiger partial charge >= 0.3 is 11.9 Å². The highest BCUT2D eigenvalue weighted by atomic mass is 35.5. The van der Waals surface area contributed by atoms with Gasteiger partial charge in [-0.1, -0.05) is 17.7 Å². The lowest BCUT2D eigenvalue weighted by Crippen LogP contribution is -2.40. The molecule has 110 valence electrons. The highest BCUT2D eigenvalue weighted by Gasteiger charge is 2.29. The van der Waals surface area contributed by atoms with Crippen LogP contribution in [-0.4, -0.2) is 31.2 Å². The Hall–Kier alpha value is -1.75. The first-order valence-electron chi connectivity index (χ1n) is 6.35. The molecule has 0 radical (unpaired) electrons. The molecular formula is C14H18ClNO4. The van der Waals surface area contributed by atoms with Gasteiger partial charge in [-0.2, -0.15) is 0 Å². The number of rotatable bonds is 6. The van der Waals surface area contributed by atoms with E-state index in [9.17, 15) is 9.59 Å². The van der Waals surface area contributed by atoms with Gasteiger partial charge in [0.05, 0.1) is 13.2 Å². The van der Waals surface area contributed by atoms with Crippen LogP contribution in [0.1, 0.15) is 19.4 Å². The molecule has 0 bridgehead atoms. The molecule has 0 spiro atoms. The average Bonchev–Trinajstić information content (AvgIpc) is 2.40. The highest BCUT2D eigenvalue weighted by molar-refractivity contribution is 6.31. The first kappa shape index (κ1) is 16.3. The molecule has 0 aliphatic rings. The van der Waals surface area contributed by atoms with Crippen LogP contribution in [-0.2, 0) is 19.1 Å². The summed E-state index contributed by atoms with van der Waals surface area (Å²) in [6.07, 6.45) is 0. The van der Waals surface area contributed by atoms with E-state index in [1.807, 2.05) is 6.92 Å². The minimum Gasteiger partial charge on any atom is -0.464 e. The SMILES string of the molecule is CCOC(=O)C(Nc1ccc(C)c(Cl)c1)C(=O)OCC. The van der Waals surface area contributed by atoms with E-state index >= 15 is 0 Å². The zero-order valence-electron chi connectivity index (χ0n) is 11.7. The Kier molecular flexibility index (Phi) is 6.31. The first-order valence-corrected chi connectivity index (χ1v) is 6.73. The largest absolute Gasteiger partial charge is 0.464 e. The van der Waals surface area contributed by atoms with Crippen molar-refractivity contribution in [3.63, 3.8) is 0 Å². The van der Waals surface area contributed by atoms with Gasteiger partial charge in [-0.25, -0.2) is 9.59 Å². The maximum Gasteiger partial charge on any atom is 0.340 e. The number of benzene rings is 1. The molecule has 0 atom stereocenters. The Labute approximate surface area is 123 Å². The minimum absolute atomic E-state index is 0.186. The zero-order chi connectivity index (χ0) is 15.1. The number of ether oxygens (including phenoxy) is 2. The standard InChI is InChI=1S/C14H18ClNO4/c1-4-19-13(17)12(14(18)20-5-2)16-10-7-6-9(3)11(15)8-10/h6-8,12,16H,4-5H2,1-3H3. The number of hydrogen-bond acceptors (Lipinski definition) is 5. The van der Waals surface area contributed by atoms with Crippen LogP contribution < -0.4 is 5.32 Å². The highest BCUT2D eigenvalue weighted by Crippen LogP contribution is 2.20. The Bertz CT molecular complexity index is 472. The predicted molar refractivity (Wildman–Crippen MR) is 76.9 cm³/mol. The molecule has 1 rings (SSSR count). The summed E-state index contributed by atoms with van der Waals surface area (Å²) in [5, 5.41) is 3.33. The molecule has 0 aliphatic heterocycles. The summed E-state index contributed by atoms with van der Waals surface area (Å²) >= 11 is 6.01. The van der Waals surface area contributed by atoms with Crippen molar-refractivity contribution in [2.24, 2.45) is 0 Å². The van der Waals surface area contributed by atoms with Gasteiger partial charge in [-0.15, -0.1) is 0 Å². The molecule has 0 saturated heterocycles. The fraction of sp³-hybridized carbons (Fsp3) is 0.429. The van der Waals surface area contributed by atoms with Crippen molar-refractivity contribution in [3.05, 3.63) is 28.8 Å². The molecule has 1 aromatic carbocycles. The summed E-state index contributed by atoms with van der Waals surface area (Å²) in [7, 11) is 0. The van der Waals surface area contributed by atoms with E-state index in [4.69, 9.17) is 21.1 Å². The van der Waals surface area contributed by atoms with E-state index in [0.29, 0.717) is 10.7 Å². The van der Waals surface area contributed by atoms with Gasteiger partial charge in [0.15, 0.2) is 0 Å². The van der Waals surface area contributed by atoms with Crippen LogP contribution in [0.15, 0.2) is 18.2 Å². The summed E-state index contributed by atoms with van der Waals surface area (Å²) < 4.78 is 9.72. The third-order valence-electron chi connectivity index (χ3n) is 2.53. The summed E-state index contributed by atoms with van der Waals surface area (Å²) in [5.41, 5.74) is 1.45. The van der Waals surface area contributed by atoms with Crippen LogP contribution in [0.4, 0.5) is 5.69 Å². The first-order chi connectivity index (χ1) is 9.49. The normalized spacial score (nSPS) is 10.2. The van der Waals surface area contributed by atoms with Gasteiger partial charge in [0.25, 0.3) is 0 Å². The second kappa shape index (κ2) is 7.75. The molecular weight excluding hydrogens is 282 g/mol. The summed E-state index contributed by atoms with van der Waals surface area (Å²) in [4.78, 5) is 23.6. The lowest BCUT2D eigenvalue weighted by atomic mass is 10.2. The van der Waals surface area contributed by atoms with Crippen LogP contribution in [0.5, 0.6) is 0 Å². The van der Waals surface area contributed by atoms with Crippen LogP contribution in [0.25, 0.3) is 0 Å². The fourth-order valence-electron chi connectivity index (χ4n) is 1.51. The molecule has 20 heavy (non-hydrogen) atoms.